The van der Waals surface area contributed by atoms with Crippen LogP contribution in [0, 0.1) is 0 Å². The molecule has 2 rings (SSSR count). The van der Waals surface area contributed by atoms with Crippen LogP contribution >= 0.6 is 24.0 Å². The molecule has 25 heavy (non-hydrogen) atoms. The van der Waals surface area contributed by atoms with Crippen molar-refractivity contribution in [3.63, 3.8) is 0 Å². The molecule has 0 atom stereocenters. The van der Waals surface area contributed by atoms with Crippen molar-refractivity contribution in [1.29, 1.82) is 0 Å². The SMILES string of the molecule is CCNC(=NCCOCC)N1CCN(c2ccc(OC)cc2)CC1.I. The summed E-state index contributed by atoms with van der Waals surface area (Å²) in [5.41, 5.74) is 1.24. The smallest absolute Gasteiger partial charge is 0.194 e. The molecule has 0 bridgehead atoms. The number of anilines is 1. The molecule has 0 amide bonds. The monoisotopic (exact) mass is 462 g/mol. The summed E-state index contributed by atoms with van der Waals surface area (Å²) in [5, 5.41) is 3.38. The normalized spacial score (nSPS) is 14.9. The van der Waals surface area contributed by atoms with Crippen LogP contribution < -0.4 is 15.0 Å². The summed E-state index contributed by atoms with van der Waals surface area (Å²) < 4.78 is 10.6. The summed E-state index contributed by atoms with van der Waals surface area (Å²) in [5.74, 6) is 1.89. The number of nitrogens with one attached hydrogen (secondary N) is 1. The molecule has 7 heteroatoms. The lowest BCUT2D eigenvalue weighted by Crippen LogP contribution is -2.52. The third-order valence-electron chi connectivity index (χ3n) is 4.05. The zero-order valence-corrected chi connectivity index (χ0v) is 17.9. The van der Waals surface area contributed by atoms with Gasteiger partial charge < -0.3 is 24.6 Å². The maximum atomic E-state index is 5.37. The number of halogens is 1. The Morgan fingerprint density at radius 3 is 2.36 bits per heavy atom. The Bertz CT molecular complexity index is 502. The van der Waals surface area contributed by atoms with E-state index in [9.17, 15) is 0 Å². The number of hydrogen-bond acceptors (Lipinski definition) is 4. The van der Waals surface area contributed by atoms with Crippen LogP contribution in [0.3, 0.4) is 0 Å². The van der Waals surface area contributed by atoms with E-state index in [2.05, 4.69) is 39.2 Å². The van der Waals surface area contributed by atoms with Gasteiger partial charge in [-0.3, -0.25) is 4.99 Å². The van der Waals surface area contributed by atoms with Crippen molar-refractivity contribution in [1.82, 2.24) is 10.2 Å². The van der Waals surface area contributed by atoms with Gasteiger partial charge in [0.05, 0.1) is 20.3 Å². The second kappa shape index (κ2) is 12.2. The molecule has 1 fully saturated rings. The molecule has 1 heterocycles. The zero-order valence-electron chi connectivity index (χ0n) is 15.5. The number of nitrogens with zero attached hydrogens (tertiary/aromatic N) is 3. The number of guanidine groups is 1. The molecule has 1 N–H and O–H groups in total. The molecule has 0 aromatic heterocycles. The van der Waals surface area contributed by atoms with E-state index in [0.717, 1.165) is 51.0 Å². The van der Waals surface area contributed by atoms with E-state index in [4.69, 9.17) is 9.47 Å². The fourth-order valence-electron chi connectivity index (χ4n) is 2.76. The van der Waals surface area contributed by atoms with Crippen molar-refractivity contribution >= 4 is 35.6 Å². The number of methoxy groups -OCH3 is 1. The minimum Gasteiger partial charge on any atom is -0.497 e. The summed E-state index contributed by atoms with van der Waals surface area (Å²) in [6.45, 7) is 11.0. The van der Waals surface area contributed by atoms with Crippen LogP contribution in [0.5, 0.6) is 5.75 Å². The molecule has 0 unspecified atom stereocenters. The van der Waals surface area contributed by atoms with Gasteiger partial charge in [-0.05, 0) is 38.1 Å². The molecule has 0 spiro atoms. The molecule has 0 radical (unpaired) electrons. The maximum Gasteiger partial charge on any atom is 0.194 e. The lowest BCUT2D eigenvalue weighted by atomic mass is 10.2. The minimum absolute atomic E-state index is 0. The summed E-state index contributed by atoms with van der Waals surface area (Å²) in [6, 6.07) is 8.27. The molecule has 0 saturated carbocycles. The van der Waals surface area contributed by atoms with Gasteiger partial charge in [0.25, 0.3) is 0 Å². The second-order valence-electron chi connectivity index (χ2n) is 5.60. The fourth-order valence-corrected chi connectivity index (χ4v) is 2.76. The van der Waals surface area contributed by atoms with E-state index in [1.165, 1.54) is 5.69 Å². The number of ether oxygens (including phenoxy) is 2. The molecule has 1 aromatic carbocycles. The van der Waals surface area contributed by atoms with E-state index < -0.39 is 0 Å². The van der Waals surface area contributed by atoms with E-state index >= 15 is 0 Å². The Labute approximate surface area is 168 Å². The number of hydrogen-bond donors (Lipinski definition) is 1. The maximum absolute atomic E-state index is 5.37. The largest absolute Gasteiger partial charge is 0.497 e. The van der Waals surface area contributed by atoms with Gasteiger partial charge in [0.1, 0.15) is 5.75 Å². The number of rotatable bonds is 7. The lowest BCUT2D eigenvalue weighted by molar-refractivity contribution is 0.155. The topological polar surface area (TPSA) is 49.3 Å². The minimum atomic E-state index is 0. The molecule has 0 aliphatic carbocycles. The third kappa shape index (κ3) is 6.89. The van der Waals surface area contributed by atoms with E-state index in [0.29, 0.717) is 13.2 Å². The van der Waals surface area contributed by atoms with Gasteiger partial charge in [-0.15, -0.1) is 24.0 Å². The van der Waals surface area contributed by atoms with Crippen molar-refractivity contribution in [3.8, 4) is 5.75 Å². The standard InChI is InChI=1S/C18H30N4O2.HI/c1-4-19-18(20-10-15-24-5-2)22-13-11-21(12-14-22)16-6-8-17(23-3)9-7-16;/h6-9H,4-5,10-15H2,1-3H3,(H,19,20);1H. The Morgan fingerprint density at radius 1 is 1.12 bits per heavy atom. The number of benzene rings is 1. The molecule has 1 aliphatic rings. The van der Waals surface area contributed by atoms with Gasteiger partial charge in [0.15, 0.2) is 5.96 Å². The van der Waals surface area contributed by atoms with Crippen molar-refractivity contribution in [2.75, 3.05) is 64.5 Å². The zero-order chi connectivity index (χ0) is 17.2. The van der Waals surface area contributed by atoms with Gasteiger partial charge in [-0.2, -0.15) is 0 Å². The summed E-state index contributed by atoms with van der Waals surface area (Å²) in [7, 11) is 1.70. The highest BCUT2D eigenvalue weighted by molar-refractivity contribution is 14.0. The van der Waals surface area contributed by atoms with Crippen LogP contribution in [0.25, 0.3) is 0 Å². The summed E-state index contributed by atoms with van der Waals surface area (Å²) in [6.07, 6.45) is 0. The van der Waals surface area contributed by atoms with Crippen LogP contribution in [0.1, 0.15) is 13.8 Å². The molecule has 1 aromatic rings. The number of piperazine rings is 1. The Balaban J connectivity index is 0.00000312. The molecule has 1 aliphatic heterocycles. The van der Waals surface area contributed by atoms with Crippen LogP contribution in [-0.4, -0.2) is 70.5 Å². The first-order chi connectivity index (χ1) is 11.8. The van der Waals surface area contributed by atoms with Gasteiger partial charge in [0.2, 0.25) is 0 Å². The molecular formula is C18H31IN4O2. The Hall–Kier alpha value is -1.22. The van der Waals surface area contributed by atoms with Gasteiger partial charge in [0, 0.05) is 45.0 Å². The van der Waals surface area contributed by atoms with Crippen molar-refractivity contribution in [2.45, 2.75) is 13.8 Å². The van der Waals surface area contributed by atoms with Crippen LogP contribution in [-0.2, 0) is 4.74 Å². The van der Waals surface area contributed by atoms with Crippen molar-refractivity contribution < 1.29 is 9.47 Å². The highest BCUT2D eigenvalue weighted by atomic mass is 127. The fraction of sp³-hybridized carbons (Fsp3) is 0.611. The molecule has 6 nitrogen and oxygen atoms in total. The predicted molar refractivity (Wildman–Crippen MR) is 115 cm³/mol. The first-order valence-corrected chi connectivity index (χ1v) is 8.78. The first-order valence-electron chi connectivity index (χ1n) is 8.78. The predicted octanol–water partition coefficient (Wildman–Crippen LogP) is 2.44. The van der Waals surface area contributed by atoms with Crippen LogP contribution in [0.4, 0.5) is 5.69 Å². The molecular weight excluding hydrogens is 431 g/mol. The molecule has 1 saturated heterocycles. The van der Waals surface area contributed by atoms with Gasteiger partial charge in [-0.25, -0.2) is 0 Å². The lowest BCUT2D eigenvalue weighted by Gasteiger charge is -2.37. The van der Waals surface area contributed by atoms with Crippen LogP contribution in [0.15, 0.2) is 29.3 Å². The van der Waals surface area contributed by atoms with Crippen molar-refractivity contribution in [3.05, 3.63) is 24.3 Å². The molecule has 142 valence electrons. The van der Waals surface area contributed by atoms with E-state index in [-0.39, 0.29) is 24.0 Å². The second-order valence-corrected chi connectivity index (χ2v) is 5.60. The van der Waals surface area contributed by atoms with E-state index in [1.807, 2.05) is 19.1 Å². The first kappa shape index (κ1) is 21.8. The quantitative estimate of drug-likeness (QED) is 0.292. The summed E-state index contributed by atoms with van der Waals surface area (Å²) in [4.78, 5) is 9.40. The highest BCUT2D eigenvalue weighted by Crippen LogP contribution is 2.20. The van der Waals surface area contributed by atoms with E-state index in [1.54, 1.807) is 7.11 Å². The average molecular weight is 462 g/mol. The Kier molecular flexibility index (Phi) is 10.6. The number of aliphatic imine (C=N–C) groups is 1. The third-order valence-corrected chi connectivity index (χ3v) is 4.05. The van der Waals surface area contributed by atoms with Crippen LogP contribution in [0.2, 0.25) is 0 Å². The van der Waals surface area contributed by atoms with Crippen molar-refractivity contribution in [2.24, 2.45) is 4.99 Å². The summed E-state index contributed by atoms with van der Waals surface area (Å²) >= 11 is 0. The van der Waals surface area contributed by atoms with Gasteiger partial charge >= 0.3 is 0 Å². The van der Waals surface area contributed by atoms with Gasteiger partial charge in [-0.1, -0.05) is 0 Å². The Morgan fingerprint density at radius 2 is 1.80 bits per heavy atom. The average Bonchev–Trinajstić information content (AvgIpc) is 2.64. The highest BCUT2D eigenvalue weighted by Gasteiger charge is 2.19.